The molecule has 0 amide bonds. The highest BCUT2D eigenvalue weighted by atomic mass is 79.9. The maximum atomic E-state index is 11.0. The fraction of sp³-hybridized carbons (Fsp3) is 0.250. The molecular formula is C12H12BrCl2NO2. The predicted molar refractivity (Wildman–Crippen MR) is 78.4 cm³/mol. The van der Waals surface area contributed by atoms with Crippen molar-refractivity contribution in [2.45, 2.75) is 6.92 Å². The fourth-order valence-corrected chi connectivity index (χ4v) is 2.56. The minimum atomic E-state index is -0.368. The van der Waals surface area contributed by atoms with E-state index in [1.54, 1.807) is 25.1 Å². The lowest BCUT2D eigenvalue weighted by Crippen LogP contribution is -2.03. The Morgan fingerprint density at radius 1 is 1.44 bits per heavy atom. The summed E-state index contributed by atoms with van der Waals surface area (Å²) < 4.78 is 5.56. The maximum absolute atomic E-state index is 11.0. The van der Waals surface area contributed by atoms with Gasteiger partial charge in [-0.1, -0.05) is 45.2 Å². The van der Waals surface area contributed by atoms with Crippen LogP contribution in [0.25, 0.3) is 0 Å². The van der Waals surface area contributed by atoms with Gasteiger partial charge >= 0.3 is 5.97 Å². The molecule has 3 nitrogen and oxygen atoms in total. The van der Waals surface area contributed by atoms with E-state index in [0.29, 0.717) is 28.9 Å². The van der Waals surface area contributed by atoms with E-state index in [2.05, 4.69) is 21.2 Å². The van der Waals surface area contributed by atoms with Gasteiger partial charge in [-0.3, -0.25) is 0 Å². The van der Waals surface area contributed by atoms with Gasteiger partial charge in [-0.2, -0.15) is 0 Å². The second-order valence-electron chi connectivity index (χ2n) is 3.28. The zero-order chi connectivity index (χ0) is 13.5. The zero-order valence-corrected chi connectivity index (χ0v) is 12.8. The van der Waals surface area contributed by atoms with Gasteiger partial charge in [0.05, 0.1) is 22.3 Å². The molecule has 0 saturated heterocycles. The molecule has 18 heavy (non-hydrogen) atoms. The number of rotatable bonds is 5. The van der Waals surface area contributed by atoms with Gasteiger partial charge < -0.3 is 10.1 Å². The summed E-state index contributed by atoms with van der Waals surface area (Å²) in [4.78, 5) is 11.0. The van der Waals surface area contributed by atoms with Crippen LogP contribution in [0.1, 0.15) is 6.92 Å². The van der Waals surface area contributed by atoms with Gasteiger partial charge in [-0.15, -0.1) is 0 Å². The molecule has 0 aliphatic carbocycles. The number of ether oxygens (including phenoxy) is 1. The first-order chi connectivity index (χ1) is 8.54. The number of carbonyl (C=O) groups is 1. The van der Waals surface area contributed by atoms with Crippen molar-refractivity contribution >= 4 is 50.8 Å². The summed E-state index contributed by atoms with van der Waals surface area (Å²) in [7, 11) is 0. The van der Waals surface area contributed by atoms with Crippen molar-refractivity contribution in [1.82, 2.24) is 0 Å². The minimum absolute atomic E-state index is 0.362. The largest absolute Gasteiger partial charge is 0.463 e. The second kappa shape index (κ2) is 7.67. The van der Waals surface area contributed by atoms with Gasteiger partial charge in [0.1, 0.15) is 0 Å². The lowest BCUT2D eigenvalue weighted by atomic mass is 10.3. The quantitative estimate of drug-likeness (QED) is 0.634. The lowest BCUT2D eigenvalue weighted by molar-refractivity contribution is -0.137. The number of hydrogen-bond donors (Lipinski definition) is 1. The zero-order valence-electron chi connectivity index (χ0n) is 9.67. The maximum Gasteiger partial charge on any atom is 0.330 e. The van der Waals surface area contributed by atoms with Crippen LogP contribution in [0.3, 0.4) is 0 Å². The Morgan fingerprint density at radius 2 is 2.06 bits per heavy atom. The molecule has 6 heteroatoms. The highest BCUT2D eigenvalue weighted by molar-refractivity contribution is 9.10. The number of esters is 1. The van der Waals surface area contributed by atoms with E-state index < -0.39 is 0 Å². The average Bonchev–Trinajstić information content (AvgIpc) is 2.27. The van der Waals surface area contributed by atoms with E-state index in [0.717, 1.165) is 4.47 Å². The number of anilines is 1. The summed E-state index contributed by atoms with van der Waals surface area (Å²) in [6, 6.07) is 3.48. The first kappa shape index (κ1) is 15.3. The van der Waals surface area contributed by atoms with Crippen LogP contribution in [0.15, 0.2) is 28.8 Å². The lowest BCUT2D eigenvalue weighted by Gasteiger charge is -2.08. The van der Waals surface area contributed by atoms with E-state index in [1.165, 1.54) is 6.08 Å². The molecule has 0 bridgehead atoms. The molecule has 1 rings (SSSR count). The standard InChI is InChI=1S/C12H12BrCl2NO2/c1-2-18-11(17)4-3-5-16-12-9(14)6-8(13)7-10(12)15/h3-4,6-7,16H,2,5H2,1H3/b4-3+. The SMILES string of the molecule is CCOC(=O)/C=C/CNc1c(Cl)cc(Br)cc1Cl. The van der Waals surface area contributed by atoms with Gasteiger partial charge in [0.15, 0.2) is 0 Å². The van der Waals surface area contributed by atoms with Crippen LogP contribution in [-0.4, -0.2) is 19.1 Å². The third kappa shape index (κ3) is 4.88. The predicted octanol–water partition coefficient (Wildman–Crippen LogP) is 4.29. The molecule has 0 aromatic heterocycles. The van der Waals surface area contributed by atoms with Crippen molar-refractivity contribution in [2.75, 3.05) is 18.5 Å². The van der Waals surface area contributed by atoms with Crippen molar-refractivity contribution in [3.63, 3.8) is 0 Å². The molecule has 0 heterocycles. The average molecular weight is 353 g/mol. The normalized spacial score (nSPS) is 10.7. The van der Waals surface area contributed by atoms with Crippen LogP contribution in [0, 0.1) is 0 Å². The summed E-state index contributed by atoms with van der Waals surface area (Å²) >= 11 is 15.4. The molecule has 0 aliphatic heterocycles. The van der Waals surface area contributed by atoms with Crippen LogP contribution >= 0.6 is 39.1 Å². The van der Waals surface area contributed by atoms with Crippen LogP contribution < -0.4 is 5.32 Å². The van der Waals surface area contributed by atoms with Gasteiger partial charge in [0.25, 0.3) is 0 Å². The Labute approximate surface area is 124 Å². The molecule has 1 aromatic carbocycles. The Morgan fingerprint density at radius 3 is 2.61 bits per heavy atom. The number of carbonyl (C=O) groups excluding carboxylic acids is 1. The Bertz CT molecular complexity index is 440. The van der Waals surface area contributed by atoms with Crippen LogP contribution in [-0.2, 0) is 9.53 Å². The van der Waals surface area contributed by atoms with Gasteiger partial charge in [0.2, 0.25) is 0 Å². The molecular weight excluding hydrogens is 341 g/mol. The molecule has 0 atom stereocenters. The minimum Gasteiger partial charge on any atom is -0.463 e. The third-order valence-electron chi connectivity index (χ3n) is 1.94. The van der Waals surface area contributed by atoms with Crippen LogP contribution in [0.2, 0.25) is 10.0 Å². The van der Waals surface area contributed by atoms with Crippen molar-refractivity contribution < 1.29 is 9.53 Å². The van der Waals surface area contributed by atoms with Crippen molar-refractivity contribution in [3.05, 3.63) is 38.8 Å². The van der Waals surface area contributed by atoms with E-state index in [9.17, 15) is 4.79 Å². The number of halogens is 3. The smallest absolute Gasteiger partial charge is 0.330 e. The van der Waals surface area contributed by atoms with Crippen LogP contribution in [0.4, 0.5) is 5.69 Å². The van der Waals surface area contributed by atoms with E-state index in [4.69, 9.17) is 27.9 Å². The van der Waals surface area contributed by atoms with Gasteiger partial charge in [-0.25, -0.2) is 4.79 Å². The second-order valence-corrected chi connectivity index (χ2v) is 5.01. The van der Waals surface area contributed by atoms with Crippen molar-refractivity contribution in [3.8, 4) is 0 Å². The summed E-state index contributed by atoms with van der Waals surface area (Å²) in [5, 5.41) is 4.05. The third-order valence-corrected chi connectivity index (χ3v) is 3.00. The fourth-order valence-electron chi connectivity index (χ4n) is 1.22. The highest BCUT2D eigenvalue weighted by Gasteiger charge is 2.06. The molecule has 0 spiro atoms. The number of nitrogens with one attached hydrogen (secondary N) is 1. The summed E-state index contributed by atoms with van der Waals surface area (Å²) in [5.41, 5.74) is 0.634. The van der Waals surface area contributed by atoms with Gasteiger partial charge in [0, 0.05) is 17.1 Å². The molecule has 1 N–H and O–H groups in total. The molecule has 0 unspecified atom stereocenters. The van der Waals surface area contributed by atoms with Crippen molar-refractivity contribution in [1.29, 1.82) is 0 Å². The first-order valence-corrected chi connectivity index (χ1v) is 6.81. The van der Waals surface area contributed by atoms with Crippen molar-refractivity contribution in [2.24, 2.45) is 0 Å². The topological polar surface area (TPSA) is 38.3 Å². The Balaban J connectivity index is 2.57. The first-order valence-electron chi connectivity index (χ1n) is 5.26. The molecule has 0 radical (unpaired) electrons. The van der Waals surface area contributed by atoms with E-state index >= 15 is 0 Å². The highest BCUT2D eigenvalue weighted by Crippen LogP contribution is 2.33. The van der Waals surface area contributed by atoms with Crippen LogP contribution in [0.5, 0.6) is 0 Å². The summed E-state index contributed by atoms with van der Waals surface area (Å²) in [5.74, 6) is -0.368. The molecule has 0 fully saturated rings. The van der Waals surface area contributed by atoms with Gasteiger partial charge in [-0.05, 0) is 19.1 Å². The molecule has 98 valence electrons. The Kier molecular flexibility index (Phi) is 6.54. The number of benzene rings is 1. The monoisotopic (exact) mass is 351 g/mol. The summed E-state index contributed by atoms with van der Waals surface area (Å²) in [6.45, 7) is 2.55. The van der Waals surface area contributed by atoms with E-state index in [1.807, 2.05) is 0 Å². The Hall–Kier alpha value is -0.710. The summed E-state index contributed by atoms with van der Waals surface area (Å²) in [6.07, 6.45) is 3.00. The molecule has 0 saturated carbocycles. The number of hydrogen-bond acceptors (Lipinski definition) is 3. The molecule has 1 aromatic rings. The van der Waals surface area contributed by atoms with E-state index in [-0.39, 0.29) is 5.97 Å². The molecule has 0 aliphatic rings.